The predicted octanol–water partition coefficient (Wildman–Crippen LogP) is 5.62. The normalized spacial score (nSPS) is 12.5. The van der Waals surface area contributed by atoms with Crippen molar-refractivity contribution < 1.29 is 4.74 Å². The first-order chi connectivity index (χ1) is 8.52. The van der Waals surface area contributed by atoms with E-state index >= 15 is 0 Å². The molecule has 0 aliphatic heterocycles. The Labute approximate surface area is 128 Å². The maximum absolute atomic E-state index is 5.24. The van der Waals surface area contributed by atoms with E-state index < -0.39 is 0 Å². The predicted molar refractivity (Wildman–Crippen MR) is 85.3 cm³/mol. The minimum atomic E-state index is 0.221. The average molecular weight is 390 g/mol. The van der Waals surface area contributed by atoms with Crippen LogP contribution in [0.3, 0.4) is 0 Å². The molecule has 0 saturated heterocycles. The number of alkyl halides is 1. The molecule has 0 radical (unpaired) electrons. The molecule has 0 amide bonds. The molecule has 1 unspecified atom stereocenters. The highest BCUT2D eigenvalue weighted by Gasteiger charge is 2.16. The minimum absolute atomic E-state index is 0.221. The van der Waals surface area contributed by atoms with Crippen molar-refractivity contribution in [2.45, 2.75) is 18.7 Å². The van der Waals surface area contributed by atoms with Crippen LogP contribution in [-0.4, -0.2) is 7.11 Å². The van der Waals surface area contributed by atoms with Gasteiger partial charge in [-0.05, 0) is 42.7 Å². The van der Waals surface area contributed by atoms with Crippen LogP contribution in [0.4, 0.5) is 0 Å². The van der Waals surface area contributed by atoms with Crippen LogP contribution in [-0.2, 0) is 0 Å². The second-order valence-corrected chi connectivity index (χ2v) is 6.92. The lowest BCUT2D eigenvalue weighted by Gasteiger charge is -2.13. The highest BCUT2D eigenvalue weighted by molar-refractivity contribution is 9.10. The molecule has 2 aromatic rings. The second kappa shape index (κ2) is 5.76. The molecule has 0 spiro atoms. The number of methoxy groups -OCH3 is 1. The molecule has 0 fully saturated rings. The molecule has 0 aliphatic rings. The fourth-order valence-corrected chi connectivity index (χ4v) is 4.06. The maximum atomic E-state index is 5.24. The van der Waals surface area contributed by atoms with Gasteiger partial charge in [0.05, 0.1) is 11.9 Å². The summed E-state index contributed by atoms with van der Waals surface area (Å²) in [5.74, 6) is 0.922. The van der Waals surface area contributed by atoms with Crippen LogP contribution in [0.25, 0.3) is 0 Å². The van der Waals surface area contributed by atoms with Gasteiger partial charge in [0.25, 0.3) is 0 Å². The zero-order valence-corrected chi connectivity index (χ0v) is 14.4. The SMILES string of the molecule is COc1csc(C(Br)c2cc(C)c(Br)cc2C)c1. The summed E-state index contributed by atoms with van der Waals surface area (Å²) in [6.45, 7) is 4.25. The largest absolute Gasteiger partial charge is 0.496 e. The number of ether oxygens (including phenoxy) is 1. The molecule has 0 bridgehead atoms. The highest BCUT2D eigenvalue weighted by Crippen LogP contribution is 2.39. The number of benzene rings is 1. The first-order valence-electron chi connectivity index (χ1n) is 5.56. The molecule has 0 N–H and O–H groups in total. The van der Waals surface area contributed by atoms with Gasteiger partial charge in [-0.15, -0.1) is 11.3 Å². The van der Waals surface area contributed by atoms with Gasteiger partial charge in [0, 0.05) is 14.7 Å². The molecule has 0 saturated carbocycles. The fourth-order valence-electron chi connectivity index (χ4n) is 1.80. The summed E-state index contributed by atoms with van der Waals surface area (Å²) in [5.41, 5.74) is 3.84. The number of halogens is 2. The van der Waals surface area contributed by atoms with Crippen molar-refractivity contribution in [3.8, 4) is 5.75 Å². The van der Waals surface area contributed by atoms with E-state index in [1.807, 2.05) is 5.38 Å². The Morgan fingerprint density at radius 3 is 2.50 bits per heavy atom. The Kier molecular flexibility index (Phi) is 4.51. The molecule has 2 rings (SSSR count). The van der Waals surface area contributed by atoms with Gasteiger partial charge in [-0.3, -0.25) is 0 Å². The topological polar surface area (TPSA) is 9.23 Å². The molecule has 1 heterocycles. The van der Waals surface area contributed by atoms with E-state index in [4.69, 9.17) is 4.74 Å². The standard InChI is InChI=1S/C14H14Br2OS/c1-8-5-12(15)9(2)4-11(8)14(16)13-6-10(17-3)7-18-13/h4-7,14H,1-3H3. The monoisotopic (exact) mass is 388 g/mol. The van der Waals surface area contributed by atoms with Crippen LogP contribution in [0.1, 0.15) is 26.4 Å². The lowest BCUT2D eigenvalue weighted by Crippen LogP contribution is -1.95. The molecule has 4 heteroatoms. The third-order valence-corrected chi connectivity index (χ3v) is 6.02. The number of hydrogen-bond acceptors (Lipinski definition) is 2. The van der Waals surface area contributed by atoms with E-state index in [1.54, 1.807) is 18.4 Å². The minimum Gasteiger partial charge on any atom is -0.496 e. The zero-order chi connectivity index (χ0) is 13.3. The Morgan fingerprint density at radius 2 is 1.89 bits per heavy atom. The van der Waals surface area contributed by atoms with Crippen LogP contribution >= 0.6 is 43.2 Å². The molecule has 1 atom stereocenters. The second-order valence-electron chi connectivity index (χ2n) is 4.21. The molecular formula is C14H14Br2OS. The van der Waals surface area contributed by atoms with Crippen molar-refractivity contribution in [1.82, 2.24) is 0 Å². The molecule has 18 heavy (non-hydrogen) atoms. The van der Waals surface area contributed by atoms with Crippen molar-refractivity contribution in [3.63, 3.8) is 0 Å². The van der Waals surface area contributed by atoms with Crippen LogP contribution in [0.15, 0.2) is 28.1 Å². The summed E-state index contributed by atoms with van der Waals surface area (Å²) in [4.78, 5) is 1.48. The van der Waals surface area contributed by atoms with Gasteiger partial charge >= 0.3 is 0 Å². The molecule has 1 nitrogen and oxygen atoms in total. The van der Waals surface area contributed by atoms with E-state index in [-0.39, 0.29) is 4.83 Å². The summed E-state index contributed by atoms with van der Waals surface area (Å²) >= 11 is 9.07. The van der Waals surface area contributed by atoms with Crippen molar-refractivity contribution in [2.24, 2.45) is 0 Å². The lowest BCUT2D eigenvalue weighted by atomic mass is 10.0. The Morgan fingerprint density at radius 1 is 1.17 bits per heavy atom. The van der Waals surface area contributed by atoms with E-state index in [2.05, 4.69) is 63.9 Å². The van der Waals surface area contributed by atoms with Crippen LogP contribution < -0.4 is 4.74 Å². The first-order valence-corrected chi connectivity index (χ1v) is 8.15. The average Bonchev–Trinajstić information content (AvgIpc) is 2.81. The van der Waals surface area contributed by atoms with E-state index in [0.29, 0.717) is 0 Å². The van der Waals surface area contributed by atoms with Gasteiger partial charge in [0.15, 0.2) is 0 Å². The van der Waals surface area contributed by atoms with Gasteiger partial charge in [0.2, 0.25) is 0 Å². The van der Waals surface area contributed by atoms with Gasteiger partial charge in [-0.1, -0.05) is 37.9 Å². The van der Waals surface area contributed by atoms with E-state index in [1.165, 1.54) is 21.6 Å². The zero-order valence-electron chi connectivity index (χ0n) is 10.5. The van der Waals surface area contributed by atoms with Crippen LogP contribution in [0.2, 0.25) is 0 Å². The van der Waals surface area contributed by atoms with E-state index in [9.17, 15) is 0 Å². The number of rotatable bonds is 3. The molecule has 1 aromatic carbocycles. The Bertz CT molecular complexity index is 563. The van der Waals surface area contributed by atoms with E-state index in [0.717, 1.165) is 10.2 Å². The van der Waals surface area contributed by atoms with Crippen LogP contribution in [0.5, 0.6) is 5.75 Å². The summed E-state index contributed by atoms with van der Waals surface area (Å²) in [7, 11) is 1.70. The summed E-state index contributed by atoms with van der Waals surface area (Å²) in [6, 6.07) is 6.48. The molecule has 1 aromatic heterocycles. The summed E-state index contributed by atoms with van der Waals surface area (Å²) in [5, 5.41) is 2.03. The summed E-state index contributed by atoms with van der Waals surface area (Å²) < 4.78 is 6.40. The lowest BCUT2D eigenvalue weighted by molar-refractivity contribution is 0.416. The Hall–Kier alpha value is -0.320. The first kappa shape index (κ1) is 14.1. The van der Waals surface area contributed by atoms with Crippen molar-refractivity contribution >= 4 is 43.2 Å². The van der Waals surface area contributed by atoms with Gasteiger partial charge in [0.1, 0.15) is 5.75 Å². The summed E-state index contributed by atoms with van der Waals surface area (Å²) in [6.07, 6.45) is 0. The van der Waals surface area contributed by atoms with Gasteiger partial charge < -0.3 is 4.74 Å². The van der Waals surface area contributed by atoms with Crippen molar-refractivity contribution in [2.75, 3.05) is 7.11 Å². The maximum Gasteiger partial charge on any atom is 0.129 e. The third-order valence-electron chi connectivity index (χ3n) is 2.90. The van der Waals surface area contributed by atoms with Gasteiger partial charge in [-0.2, -0.15) is 0 Å². The quantitative estimate of drug-likeness (QED) is 0.619. The molecule has 96 valence electrons. The number of aryl methyl sites for hydroxylation is 2. The Balaban J connectivity index is 2.39. The smallest absolute Gasteiger partial charge is 0.129 e. The molecular weight excluding hydrogens is 376 g/mol. The number of thiophene rings is 1. The van der Waals surface area contributed by atoms with Crippen LogP contribution in [0, 0.1) is 13.8 Å². The fraction of sp³-hybridized carbons (Fsp3) is 0.286. The van der Waals surface area contributed by atoms with Crippen molar-refractivity contribution in [1.29, 1.82) is 0 Å². The number of hydrogen-bond donors (Lipinski definition) is 0. The van der Waals surface area contributed by atoms with Crippen molar-refractivity contribution in [3.05, 3.63) is 49.6 Å². The highest BCUT2D eigenvalue weighted by atomic mass is 79.9. The third kappa shape index (κ3) is 2.81. The van der Waals surface area contributed by atoms with Gasteiger partial charge in [-0.25, -0.2) is 0 Å². The molecule has 0 aliphatic carbocycles.